The Labute approximate surface area is 128 Å². The molecule has 110 valence electrons. The van der Waals surface area contributed by atoms with Crippen molar-refractivity contribution in [1.29, 1.82) is 0 Å². The third kappa shape index (κ3) is 1.55. The Bertz CT molecular complexity index is 1150. The molecule has 7 heteroatoms. The van der Waals surface area contributed by atoms with E-state index in [1.54, 1.807) is 6.07 Å². The van der Waals surface area contributed by atoms with Crippen molar-refractivity contribution in [3.63, 3.8) is 0 Å². The monoisotopic (exact) mass is 316 g/mol. The molecule has 0 saturated carbocycles. The summed E-state index contributed by atoms with van der Waals surface area (Å²) in [6.07, 6.45) is 0. The van der Waals surface area contributed by atoms with Crippen LogP contribution in [-0.4, -0.2) is 18.9 Å². The van der Waals surface area contributed by atoms with E-state index in [2.05, 4.69) is 9.97 Å². The van der Waals surface area contributed by atoms with Gasteiger partial charge in [0.15, 0.2) is 5.65 Å². The van der Waals surface area contributed by atoms with Gasteiger partial charge >= 0.3 is 0 Å². The van der Waals surface area contributed by atoms with E-state index in [4.69, 9.17) is 11.6 Å². The van der Waals surface area contributed by atoms with Crippen LogP contribution in [0.25, 0.3) is 27.6 Å². The molecular weight excluding hydrogens is 307 g/mol. The van der Waals surface area contributed by atoms with Gasteiger partial charge < -0.3 is 4.57 Å². The predicted octanol–water partition coefficient (Wildman–Crippen LogP) is 2.84. The number of hydrogen-bond acceptors (Lipinski definition) is 3. The van der Waals surface area contributed by atoms with Gasteiger partial charge in [0, 0.05) is 12.7 Å². The number of aryl methyl sites for hydroxylation is 2. The van der Waals surface area contributed by atoms with Gasteiger partial charge in [-0.2, -0.15) is 0 Å². The molecule has 0 fully saturated rings. The maximum Gasteiger partial charge on any atom is 0.271 e. The molecule has 0 aliphatic carbocycles. The number of benzene rings is 1. The number of fused-ring (bicyclic) bond motifs is 4. The zero-order valence-corrected chi connectivity index (χ0v) is 12.5. The highest BCUT2D eigenvalue weighted by atomic mass is 35.5. The molecule has 0 saturated heterocycles. The van der Waals surface area contributed by atoms with Crippen LogP contribution in [0.15, 0.2) is 29.1 Å². The van der Waals surface area contributed by atoms with Crippen LogP contribution in [0.5, 0.6) is 0 Å². The van der Waals surface area contributed by atoms with Crippen LogP contribution in [0.2, 0.25) is 5.28 Å². The largest absolute Gasteiger partial charge is 0.333 e. The second-order valence-corrected chi connectivity index (χ2v) is 5.51. The minimum Gasteiger partial charge on any atom is -0.333 e. The normalized spacial score (nSPS) is 11.8. The lowest BCUT2D eigenvalue weighted by Gasteiger charge is -2.07. The third-order valence-corrected chi connectivity index (χ3v) is 4.16. The van der Waals surface area contributed by atoms with Crippen molar-refractivity contribution in [2.75, 3.05) is 0 Å². The van der Waals surface area contributed by atoms with Crippen molar-refractivity contribution < 1.29 is 4.39 Å². The maximum atomic E-state index is 14.0. The Morgan fingerprint density at radius 3 is 2.77 bits per heavy atom. The zero-order chi connectivity index (χ0) is 15.6. The minimum atomic E-state index is -0.621. The summed E-state index contributed by atoms with van der Waals surface area (Å²) in [4.78, 5) is 21.3. The molecule has 0 spiro atoms. The van der Waals surface area contributed by atoms with Crippen molar-refractivity contribution in [1.82, 2.24) is 18.9 Å². The van der Waals surface area contributed by atoms with Crippen LogP contribution in [0.4, 0.5) is 4.39 Å². The first-order valence-electron chi connectivity index (χ1n) is 6.61. The van der Waals surface area contributed by atoms with Gasteiger partial charge in [0.1, 0.15) is 16.9 Å². The van der Waals surface area contributed by atoms with Crippen LogP contribution in [-0.2, 0) is 7.05 Å². The van der Waals surface area contributed by atoms with Gasteiger partial charge in [0.2, 0.25) is 5.28 Å². The highest BCUT2D eigenvalue weighted by Gasteiger charge is 2.17. The van der Waals surface area contributed by atoms with Gasteiger partial charge in [-0.3, -0.25) is 4.79 Å². The van der Waals surface area contributed by atoms with Crippen LogP contribution in [0, 0.1) is 12.7 Å². The van der Waals surface area contributed by atoms with E-state index in [1.165, 1.54) is 12.1 Å². The fourth-order valence-electron chi connectivity index (χ4n) is 2.70. The summed E-state index contributed by atoms with van der Waals surface area (Å²) in [5, 5.41) is 0.578. The van der Waals surface area contributed by atoms with Gasteiger partial charge in [0.25, 0.3) is 5.56 Å². The summed E-state index contributed by atoms with van der Waals surface area (Å²) < 4.78 is 17.0. The molecule has 22 heavy (non-hydrogen) atoms. The molecule has 0 unspecified atom stereocenters. The average Bonchev–Trinajstić information content (AvgIpc) is 2.75. The highest BCUT2D eigenvalue weighted by Crippen LogP contribution is 2.24. The molecule has 4 aromatic rings. The number of aromatic nitrogens is 4. The fourth-order valence-corrected chi connectivity index (χ4v) is 2.93. The first kappa shape index (κ1) is 13.2. The van der Waals surface area contributed by atoms with Crippen molar-refractivity contribution in [2.45, 2.75) is 6.92 Å². The first-order valence-corrected chi connectivity index (χ1v) is 6.99. The number of rotatable bonds is 0. The summed E-state index contributed by atoms with van der Waals surface area (Å²) in [7, 11) is 1.86. The van der Waals surface area contributed by atoms with Crippen LogP contribution in [0.1, 0.15) is 5.69 Å². The molecule has 5 nitrogen and oxygen atoms in total. The third-order valence-electron chi connectivity index (χ3n) is 3.91. The molecule has 0 atom stereocenters. The second-order valence-electron chi connectivity index (χ2n) is 5.17. The Balaban J connectivity index is 2.38. The van der Waals surface area contributed by atoms with E-state index in [0.717, 1.165) is 10.1 Å². The molecule has 0 aliphatic heterocycles. The molecule has 0 N–H and O–H groups in total. The molecule has 0 aliphatic rings. The first-order chi connectivity index (χ1) is 10.5. The van der Waals surface area contributed by atoms with Crippen molar-refractivity contribution in [3.05, 3.63) is 51.4 Å². The molecule has 3 aromatic heterocycles. The Morgan fingerprint density at radius 1 is 1.23 bits per heavy atom. The van der Waals surface area contributed by atoms with E-state index < -0.39 is 11.4 Å². The van der Waals surface area contributed by atoms with Crippen molar-refractivity contribution >= 4 is 39.2 Å². The number of halogens is 2. The zero-order valence-electron chi connectivity index (χ0n) is 11.8. The summed E-state index contributed by atoms with van der Waals surface area (Å²) in [6, 6.07) is 6.24. The molecule has 3 heterocycles. The van der Waals surface area contributed by atoms with Crippen LogP contribution in [0.3, 0.4) is 0 Å². The van der Waals surface area contributed by atoms with E-state index in [0.29, 0.717) is 22.2 Å². The number of hydrogen-bond donors (Lipinski definition) is 0. The van der Waals surface area contributed by atoms with Crippen molar-refractivity contribution in [3.8, 4) is 0 Å². The summed E-state index contributed by atoms with van der Waals surface area (Å²) in [6.45, 7) is 1.92. The number of nitrogens with zero attached hydrogens (tertiary/aromatic N) is 4. The summed E-state index contributed by atoms with van der Waals surface area (Å²) in [5.74, 6) is -0.621. The van der Waals surface area contributed by atoms with E-state index >= 15 is 0 Å². The highest BCUT2D eigenvalue weighted by molar-refractivity contribution is 6.29. The maximum absolute atomic E-state index is 14.0. The van der Waals surface area contributed by atoms with Crippen LogP contribution < -0.4 is 5.56 Å². The Kier molecular flexibility index (Phi) is 2.56. The van der Waals surface area contributed by atoms with Gasteiger partial charge in [-0.15, -0.1) is 0 Å². The Hall–Kier alpha value is -2.47. The summed E-state index contributed by atoms with van der Waals surface area (Å²) >= 11 is 6.15. The lowest BCUT2D eigenvalue weighted by Crippen LogP contribution is -2.18. The van der Waals surface area contributed by atoms with Gasteiger partial charge in [0.05, 0.1) is 10.9 Å². The molecule has 4 rings (SSSR count). The van der Waals surface area contributed by atoms with E-state index in [1.807, 2.05) is 24.6 Å². The quantitative estimate of drug-likeness (QED) is 0.370. The molecular formula is C15H10ClFN4O. The smallest absolute Gasteiger partial charge is 0.271 e. The van der Waals surface area contributed by atoms with Gasteiger partial charge in [-0.25, -0.2) is 18.8 Å². The summed E-state index contributed by atoms with van der Waals surface area (Å²) in [5.41, 5.74) is 1.71. The molecule has 1 aromatic carbocycles. The molecule has 0 radical (unpaired) electrons. The molecule has 0 amide bonds. The standard InChI is InChI=1S/C15H10ClFN4O/c1-7-6-8-12(20(7)2)19-15(16)21-13(8)18-10-5-3-4-9(17)11(10)14(21)22/h3-6H,1-2H3. The van der Waals surface area contributed by atoms with E-state index in [9.17, 15) is 9.18 Å². The topological polar surface area (TPSA) is 52.2 Å². The predicted molar refractivity (Wildman–Crippen MR) is 82.9 cm³/mol. The Morgan fingerprint density at radius 2 is 2.00 bits per heavy atom. The van der Waals surface area contributed by atoms with E-state index in [-0.39, 0.29) is 10.7 Å². The minimum absolute atomic E-state index is 0.0358. The van der Waals surface area contributed by atoms with Gasteiger partial charge in [-0.1, -0.05) is 6.07 Å². The lowest BCUT2D eigenvalue weighted by molar-refractivity contribution is 0.638. The fraction of sp³-hybridized carbons (Fsp3) is 0.133. The SMILES string of the molecule is Cc1cc2c(nc(Cl)n3c(=O)c4c(F)cccc4nc23)n1C. The second kappa shape index (κ2) is 4.27. The average molecular weight is 317 g/mol. The lowest BCUT2D eigenvalue weighted by atomic mass is 10.2. The van der Waals surface area contributed by atoms with Gasteiger partial charge in [-0.05, 0) is 36.7 Å². The molecule has 0 bridgehead atoms. The van der Waals surface area contributed by atoms with Crippen LogP contribution >= 0.6 is 11.6 Å². The van der Waals surface area contributed by atoms with Crippen molar-refractivity contribution in [2.24, 2.45) is 7.05 Å².